The number of aliphatic carboxylic acids is 1. The van der Waals surface area contributed by atoms with Crippen LogP contribution in [0.4, 0.5) is 0 Å². The van der Waals surface area contributed by atoms with E-state index in [2.05, 4.69) is 4.85 Å². The van der Waals surface area contributed by atoms with Gasteiger partial charge in [0.1, 0.15) is 23.8 Å². The lowest BCUT2D eigenvalue weighted by Crippen LogP contribution is -2.07. The van der Waals surface area contributed by atoms with Crippen molar-refractivity contribution < 1.29 is 29.3 Å². The Kier molecular flexibility index (Phi) is 4.41. The highest BCUT2D eigenvalue weighted by molar-refractivity contribution is 6.15. The topological polar surface area (TPSA) is 102 Å². The molecular weight excluding hydrogens is 376 g/mol. The number of fused-ring (bicyclic) bond motifs is 2. The van der Waals surface area contributed by atoms with Crippen molar-refractivity contribution in [3.05, 3.63) is 70.9 Å². The Morgan fingerprint density at radius 3 is 2.86 bits per heavy atom. The highest BCUT2D eigenvalue weighted by Gasteiger charge is 2.28. The molecule has 4 rings (SSSR count). The van der Waals surface area contributed by atoms with Crippen molar-refractivity contribution >= 4 is 28.7 Å². The Morgan fingerprint density at radius 2 is 2.10 bits per heavy atom. The lowest BCUT2D eigenvalue weighted by Gasteiger charge is -2.01. The van der Waals surface area contributed by atoms with E-state index in [9.17, 15) is 14.7 Å². The molecule has 144 valence electrons. The zero-order valence-corrected chi connectivity index (χ0v) is 15.0. The van der Waals surface area contributed by atoms with Gasteiger partial charge in [0.15, 0.2) is 5.76 Å². The summed E-state index contributed by atoms with van der Waals surface area (Å²) in [6.07, 6.45) is 3.11. The third-order valence-electron chi connectivity index (χ3n) is 4.42. The molecule has 0 unspecified atom stereocenters. The highest BCUT2D eigenvalue weighted by Crippen LogP contribution is 2.36. The molecule has 0 radical (unpaired) electrons. The number of Topliss-reactive ketones (excluding diaryl/α,β-unsaturated/α-hetero) is 1. The van der Waals surface area contributed by atoms with Gasteiger partial charge in [-0.05, 0) is 36.4 Å². The van der Waals surface area contributed by atoms with Crippen molar-refractivity contribution in [1.29, 1.82) is 0 Å². The molecule has 0 saturated carbocycles. The maximum absolute atomic E-state index is 12.7. The van der Waals surface area contributed by atoms with E-state index in [4.69, 9.17) is 21.2 Å². The fraction of sp³-hybridized carbons (Fsp3) is 0.0952. The molecule has 1 aliphatic heterocycles. The third-order valence-corrected chi connectivity index (χ3v) is 4.42. The smallest absolute Gasteiger partial charge is 0.357 e. The van der Waals surface area contributed by atoms with Crippen LogP contribution in [0.5, 0.6) is 17.2 Å². The quantitative estimate of drug-likeness (QED) is 0.512. The first-order valence-electron chi connectivity index (χ1n) is 8.54. The molecule has 3 aromatic rings. The van der Waals surface area contributed by atoms with Gasteiger partial charge < -0.3 is 24.3 Å². The predicted molar refractivity (Wildman–Crippen MR) is 103 cm³/mol. The summed E-state index contributed by atoms with van der Waals surface area (Å²) in [6.45, 7) is 6.37. The number of carbonyl (C=O) groups is 2. The molecule has 0 saturated heterocycles. The number of ether oxygens (including phenoxy) is 2. The molecule has 0 fully saturated rings. The summed E-state index contributed by atoms with van der Waals surface area (Å²) in [6, 6.07) is 9.28. The van der Waals surface area contributed by atoms with Gasteiger partial charge in [0.25, 0.3) is 0 Å². The molecule has 2 aromatic carbocycles. The number of phenolic OH excluding ortho intramolecular Hbond substituents is 1. The minimum Gasteiger partial charge on any atom is -0.508 e. The first-order valence-corrected chi connectivity index (χ1v) is 8.54. The van der Waals surface area contributed by atoms with Crippen LogP contribution in [0.15, 0.2) is 48.4 Å². The number of nitrogens with zero attached hydrogens (tertiary/aromatic N) is 2. The minimum absolute atomic E-state index is 0.0220. The number of aromatic nitrogens is 1. The maximum Gasteiger partial charge on any atom is 0.357 e. The summed E-state index contributed by atoms with van der Waals surface area (Å²) in [4.78, 5) is 26.9. The van der Waals surface area contributed by atoms with Crippen LogP contribution in [0.1, 0.15) is 15.9 Å². The highest BCUT2D eigenvalue weighted by atomic mass is 16.5. The Bertz CT molecular complexity index is 1230. The second kappa shape index (κ2) is 7.05. The Balaban J connectivity index is 1.73. The number of rotatable bonds is 5. The van der Waals surface area contributed by atoms with Crippen molar-refractivity contribution in [2.24, 2.45) is 0 Å². The number of carboxylic acid groups (broad SMARTS) is 1. The average Bonchev–Trinajstić information content (AvgIpc) is 3.17. The molecule has 8 heteroatoms. The van der Waals surface area contributed by atoms with Crippen LogP contribution in [-0.2, 0) is 11.3 Å². The fourth-order valence-electron chi connectivity index (χ4n) is 3.21. The number of ketones is 1. The molecule has 2 N–H and O–H groups in total. The summed E-state index contributed by atoms with van der Waals surface area (Å²) < 4.78 is 12.4. The molecule has 1 aromatic heterocycles. The van der Waals surface area contributed by atoms with E-state index in [1.54, 1.807) is 30.5 Å². The van der Waals surface area contributed by atoms with E-state index in [1.165, 1.54) is 22.8 Å². The normalized spacial score (nSPS) is 13.9. The number of hydrogen-bond acceptors (Lipinski definition) is 5. The summed E-state index contributed by atoms with van der Waals surface area (Å²) in [7, 11) is 0. The summed E-state index contributed by atoms with van der Waals surface area (Å²) in [5.74, 6) is -0.510. The van der Waals surface area contributed by atoms with Gasteiger partial charge in [-0.15, -0.1) is 0 Å². The van der Waals surface area contributed by atoms with Crippen molar-refractivity contribution in [2.75, 3.05) is 6.73 Å². The monoisotopic (exact) mass is 390 g/mol. The summed E-state index contributed by atoms with van der Waals surface area (Å²) in [5, 5.41) is 19.5. The molecule has 0 aliphatic carbocycles. The summed E-state index contributed by atoms with van der Waals surface area (Å²) >= 11 is 0. The molecule has 0 amide bonds. The van der Waals surface area contributed by atoms with Gasteiger partial charge >= 0.3 is 12.7 Å². The second-order valence-electron chi connectivity index (χ2n) is 6.34. The summed E-state index contributed by atoms with van der Waals surface area (Å²) in [5.41, 5.74) is 1.51. The molecule has 0 bridgehead atoms. The minimum atomic E-state index is -1.01. The number of phenols is 1. The van der Waals surface area contributed by atoms with E-state index in [0.29, 0.717) is 33.5 Å². The Hall–Kier alpha value is -4.25. The molecule has 8 nitrogen and oxygen atoms in total. The van der Waals surface area contributed by atoms with Crippen molar-refractivity contribution in [2.45, 2.75) is 6.54 Å². The van der Waals surface area contributed by atoms with E-state index >= 15 is 0 Å². The van der Waals surface area contributed by atoms with Gasteiger partial charge in [-0.2, -0.15) is 0 Å². The SMILES string of the molecule is [C-]#[N+]COc1ccc2c(c1)O/C(=C\c1cn(CC(=O)O)c3ccc(O)cc13)C2=O. The zero-order valence-electron chi connectivity index (χ0n) is 15.0. The first kappa shape index (κ1) is 18.1. The lowest BCUT2D eigenvalue weighted by atomic mass is 10.1. The zero-order chi connectivity index (χ0) is 20.5. The van der Waals surface area contributed by atoms with Crippen molar-refractivity contribution in [1.82, 2.24) is 4.57 Å². The van der Waals surface area contributed by atoms with Gasteiger partial charge in [0, 0.05) is 28.7 Å². The molecule has 2 heterocycles. The number of hydrogen-bond donors (Lipinski definition) is 2. The van der Waals surface area contributed by atoms with Gasteiger partial charge in [-0.3, -0.25) is 14.4 Å². The van der Waals surface area contributed by atoms with Crippen LogP contribution >= 0.6 is 0 Å². The van der Waals surface area contributed by atoms with Crippen molar-refractivity contribution in [3.8, 4) is 17.2 Å². The first-order chi connectivity index (χ1) is 14.0. The molecule has 0 atom stereocenters. The lowest BCUT2D eigenvalue weighted by molar-refractivity contribution is -0.137. The van der Waals surface area contributed by atoms with Crippen LogP contribution in [0.25, 0.3) is 21.8 Å². The number of allylic oxidation sites excluding steroid dienone is 1. The molecular formula is C21H14N2O6. The van der Waals surface area contributed by atoms with Crippen LogP contribution in [-0.4, -0.2) is 33.3 Å². The molecule has 29 heavy (non-hydrogen) atoms. The Morgan fingerprint density at radius 1 is 1.28 bits per heavy atom. The van der Waals surface area contributed by atoms with Crippen LogP contribution in [0.2, 0.25) is 0 Å². The number of carbonyl (C=O) groups excluding carboxylic acids is 1. The van der Waals surface area contributed by atoms with Crippen LogP contribution < -0.4 is 9.47 Å². The largest absolute Gasteiger partial charge is 0.508 e. The van der Waals surface area contributed by atoms with Crippen molar-refractivity contribution in [3.63, 3.8) is 0 Å². The fourth-order valence-corrected chi connectivity index (χ4v) is 3.21. The van der Waals surface area contributed by atoms with E-state index < -0.39 is 5.97 Å². The van der Waals surface area contributed by atoms with Gasteiger partial charge in [-0.25, -0.2) is 6.57 Å². The van der Waals surface area contributed by atoms with Gasteiger partial charge in [0.2, 0.25) is 5.78 Å². The number of carboxylic acids is 1. The van der Waals surface area contributed by atoms with E-state index in [0.717, 1.165) is 0 Å². The van der Waals surface area contributed by atoms with Crippen LogP contribution in [0, 0.1) is 6.57 Å². The number of benzene rings is 2. The third kappa shape index (κ3) is 3.37. The van der Waals surface area contributed by atoms with E-state index in [-0.39, 0.29) is 30.6 Å². The van der Waals surface area contributed by atoms with E-state index in [1.807, 2.05) is 0 Å². The maximum atomic E-state index is 12.7. The predicted octanol–water partition coefficient (Wildman–Crippen LogP) is 3.30. The van der Waals surface area contributed by atoms with Gasteiger partial charge in [-0.1, -0.05) is 0 Å². The Labute approximate surface area is 164 Å². The van der Waals surface area contributed by atoms with Crippen LogP contribution in [0.3, 0.4) is 0 Å². The van der Waals surface area contributed by atoms with Gasteiger partial charge in [0.05, 0.1) is 5.56 Å². The second-order valence-corrected chi connectivity index (χ2v) is 6.34. The average molecular weight is 390 g/mol. The molecule has 1 aliphatic rings. The molecule has 0 spiro atoms. The standard InChI is InChI=1S/C21H14N2O6/c1-22-11-28-14-3-4-15-18(8-14)29-19(21(15)27)6-12-9-23(10-20(25)26)17-5-2-13(24)7-16(12)17/h2-9,24H,10-11H2,(H,25,26)/b19-6-. The number of aromatic hydroxyl groups is 1.